The van der Waals surface area contributed by atoms with Crippen molar-refractivity contribution < 1.29 is 14.0 Å². The average molecular weight is 339 g/mol. The van der Waals surface area contributed by atoms with Crippen molar-refractivity contribution in [1.82, 2.24) is 0 Å². The van der Waals surface area contributed by atoms with Gasteiger partial charge in [0.1, 0.15) is 0 Å². The molecular weight excluding hydrogens is 304 g/mol. The lowest BCUT2D eigenvalue weighted by atomic mass is 9.77. The number of hydrogen-bond donors (Lipinski definition) is 0. The highest BCUT2D eigenvalue weighted by molar-refractivity contribution is 6.48. The first-order chi connectivity index (χ1) is 10.8. The summed E-state index contributed by atoms with van der Waals surface area (Å²) in [5.41, 5.74) is 0.166. The largest absolute Gasteiger partial charge is 0.463 e. The van der Waals surface area contributed by atoms with Crippen LogP contribution in [0.4, 0.5) is 0 Å². The molecule has 0 bridgehead atoms. The highest BCUT2D eigenvalue weighted by Crippen LogP contribution is 2.42. The van der Waals surface area contributed by atoms with Crippen molar-refractivity contribution in [2.24, 2.45) is 17.3 Å². The van der Waals surface area contributed by atoms with Gasteiger partial charge in [-0.15, -0.1) is 0 Å². The topological polar surface area (TPSA) is 35.5 Å². The first-order valence-electron chi connectivity index (χ1n) is 8.92. The van der Waals surface area contributed by atoms with Gasteiger partial charge in [-0.3, -0.25) is 0 Å². The maximum atomic E-state index is 11.3. The zero-order valence-electron chi connectivity index (χ0n) is 15.7. The van der Waals surface area contributed by atoms with Crippen LogP contribution in [0.3, 0.4) is 0 Å². The molecule has 1 fully saturated rings. The molecule has 0 saturated heterocycles. The van der Waals surface area contributed by atoms with Crippen molar-refractivity contribution in [3.8, 4) is 0 Å². The summed E-state index contributed by atoms with van der Waals surface area (Å²) in [6, 6.07) is 0. The molecular formula is C19H34O3Si. The van der Waals surface area contributed by atoms with Gasteiger partial charge in [0, 0.05) is 6.08 Å². The Balaban J connectivity index is 2.72. The Bertz CT molecular complexity index is 421. The Labute approximate surface area is 143 Å². The summed E-state index contributed by atoms with van der Waals surface area (Å²) < 4.78 is 11.3. The van der Waals surface area contributed by atoms with E-state index in [1.54, 1.807) is 6.08 Å². The second-order valence-corrected chi connectivity index (χ2v) is 10.1. The third kappa shape index (κ3) is 7.04. The predicted octanol–water partition coefficient (Wildman–Crippen LogP) is 4.49. The van der Waals surface area contributed by atoms with E-state index in [1.165, 1.54) is 25.3 Å². The van der Waals surface area contributed by atoms with Gasteiger partial charge in [-0.1, -0.05) is 45.4 Å². The van der Waals surface area contributed by atoms with E-state index in [0.717, 1.165) is 0 Å². The Kier molecular flexibility index (Phi) is 8.27. The molecule has 0 radical (unpaired) electrons. The number of esters is 1. The number of rotatable bonds is 7. The summed E-state index contributed by atoms with van der Waals surface area (Å²) in [7, 11) is -1.07. The van der Waals surface area contributed by atoms with Crippen LogP contribution in [-0.4, -0.2) is 27.7 Å². The summed E-state index contributed by atoms with van der Waals surface area (Å²) in [5, 5.41) is 0. The molecule has 1 saturated carbocycles. The van der Waals surface area contributed by atoms with Crippen molar-refractivity contribution >= 4 is 15.0 Å². The Morgan fingerprint density at radius 2 is 1.96 bits per heavy atom. The van der Waals surface area contributed by atoms with E-state index in [0.29, 0.717) is 24.5 Å². The molecule has 0 heterocycles. The van der Waals surface area contributed by atoms with Gasteiger partial charge in [0.2, 0.25) is 0 Å². The lowest BCUT2D eigenvalue weighted by Gasteiger charge is -2.39. The molecule has 0 amide bonds. The summed E-state index contributed by atoms with van der Waals surface area (Å²) >= 11 is 0. The van der Waals surface area contributed by atoms with Crippen molar-refractivity contribution in [3.05, 3.63) is 24.3 Å². The van der Waals surface area contributed by atoms with Gasteiger partial charge in [0.25, 0.3) is 0 Å². The predicted molar refractivity (Wildman–Crippen MR) is 98.9 cm³/mol. The van der Waals surface area contributed by atoms with Crippen LogP contribution in [-0.2, 0) is 14.0 Å². The lowest BCUT2D eigenvalue weighted by Crippen LogP contribution is -2.40. The molecule has 0 N–H and O–H groups in total. The fraction of sp³-hybridized carbons (Fsp3) is 0.737. The third-order valence-corrected chi connectivity index (χ3v) is 5.11. The van der Waals surface area contributed by atoms with E-state index < -0.39 is 9.04 Å². The van der Waals surface area contributed by atoms with Crippen LogP contribution in [0.5, 0.6) is 0 Å². The molecule has 3 nitrogen and oxygen atoms in total. The quantitative estimate of drug-likeness (QED) is 0.297. The molecule has 1 unspecified atom stereocenters. The monoisotopic (exact) mass is 338 g/mol. The first kappa shape index (κ1) is 20.2. The number of allylic oxidation sites excluding steroid dienone is 3. The van der Waals surface area contributed by atoms with E-state index in [1.807, 2.05) is 13.0 Å². The van der Waals surface area contributed by atoms with Crippen LogP contribution in [0.1, 0.15) is 47.0 Å². The van der Waals surface area contributed by atoms with E-state index >= 15 is 0 Å². The van der Waals surface area contributed by atoms with Gasteiger partial charge in [0.05, 0.1) is 12.7 Å². The van der Waals surface area contributed by atoms with Crippen LogP contribution >= 0.6 is 0 Å². The van der Waals surface area contributed by atoms with Crippen LogP contribution in [0.2, 0.25) is 13.1 Å². The molecule has 132 valence electrons. The maximum Gasteiger partial charge on any atom is 0.330 e. The van der Waals surface area contributed by atoms with Crippen molar-refractivity contribution in [1.29, 1.82) is 0 Å². The molecule has 1 rings (SSSR count). The van der Waals surface area contributed by atoms with Gasteiger partial charge in [-0.25, -0.2) is 4.79 Å². The van der Waals surface area contributed by atoms with Crippen LogP contribution < -0.4 is 0 Å². The van der Waals surface area contributed by atoms with Crippen LogP contribution in [0.25, 0.3) is 0 Å². The molecule has 0 aromatic carbocycles. The summed E-state index contributed by atoms with van der Waals surface area (Å²) in [6.07, 6.45) is 11.5. The third-order valence-electron chi connectivity index (χ3n) is 4.27. The molecule has 3 atom stereocenters. The number of ether oxygens (including phenoxy) is 1. The van der Waals surface area contributed by atoms with E-state index in [-0.39, 0.29) is 11.4 Å². The summed E-state index contributed by atoms with van der Waals surface area (Å²) in [6.45, 7) is 13.6. The normalized spacial score (nSPS) is 24.0. The summed E-state index contributed by atoms with van der Waals surface area (Å²) in [5.74, 6) is 0.845. The number of carbonyl (C=O) groups excluding carboxylic acids is 1. The smallest absolute Gasteiger partial charge is 0.330 e. The van der Waals surface area contributed by atoms with Gasteiger partial charge >= 0.3 is 5.97 Å². The molecule has 1 aliphatic carbocycles. The van der Waals surface area contributed by atoms with Gasteiger partial charge in [0.15, 0.2) is 9.04 Å². The fourth-order valence-corrected chi connectivity index (χ4v) is 4.60. The highest BCUT2D eigenvalue weighted by atomic mass is 28.3. The Morgan fingerprint density at radius 3 is 2.52 bits per heavy atom. The standard InChI is InChI=1S/C19H34O3Si/c1-7-21-17(20)14-9-8-11-15-12-10-13-16(15)18(19(2,3)4)22-23(5)6/h8-9,11,14-16,18,23H,7,10,12-13H2,1-6H3/t15-,16+,18?/m0/s1. The molecule has 1 aliphatic rings. The minimum absolute atomic E-state index is 0.166. The summed E-state index contributed by atoms with van der Waals surface area (Å²) in [4.78, 5) is 11.3. The van der Waals surface area contributed by atoms with Crippen molar-refractivity contribution in [3.63, 3.8) is 0 Å². The number of hydrogen-bond acceptors (Lipinski definition) is 3. The van der Waals surface area contributed by atoms with Gasteiger partial charge in [-0.2, -0.15) is 0 Å². The van der Waals surface area contributed by atoms with E-state index in [2.05, 4.69) is 39.9 Å². The average Bonchev–Trinajstić information content (AvgIpc) is 2.88. The first-order valence-corrected chi connectivity index (χ1v) is 11.7. The van der Waals surface area contributed by atoms with Gasteiger partial charge in [-0.05, 0) is 50.1 Å². The molecule has 0 spiro atoms. The zero-order chi connectivity index (χ0) is 17.5. The molecule has 0 aromatic heterocycles. The van der Waals surface area contributed by atoms with Crippen molar-refractivity contribution in [2.75, 3.05) is 6.61 Å². The fourth-order valence-electron chi connectivity index (χ4n) is 3.40. The highest BCUT2D eigenvalue weighted by Gasteiger charge is 2.39. The Morgan fingerprint density at radius 1 is 1.26 bits per heavy atom. The molecule has 23 heavy (non-hydrogen) atoms. The van der Waals surface area contributed by atoms with Crippen LogP contribution in [0.15, 0.2) is 24.3 Å². The van der Waals surface area contributed by atoms with E-state index in [4.69, 9.17) is 9.16 Å². The van der Waals surface area contributed by atoms with E-state index in [9.17, 15) is 4.79 Å². The number of carbonyl (C=O) groups is 1. The Hall–Kier alpha value is -0.873. The lowest BCUT2D eigenvalue weighted by molar-refractivity contribution is -0.137. The van der Waals surface area contributed by atoms with Gasteiger partial charge < -0.3 is 9.16 Å². The minimum Gasteiger partial charge on any atom is -0.463 e. The van der Waals surface area contributed by atoms with Crippen molar-refractivity contribution in [2.45, 2.75) is 66.2 Å². The maximum absolute atomic E-state index is 11.3. The second-order valence-electron chi connectivity index (χ2n) is 7.73. The minimum atomic E-state index is -1.07. The molecule has 0 aliphatic heterocycles. The molecule has 0 aromatic rings. The molecule has 4 heteroatoms. The second kappa shape index (κ2) is 9.43. The zero-order valence-corrected chi connectivity index (χ0v) is 16.8. The SMILES string of the molecule is CCOC(=O)C=CC=C[C@H]1CCC[C@H]1C(O[SiH](C)C)C(C)(C)C. The van der Waals surface area contributed by atoms with Crippen LogP contribution in [0, 0.1) is 17.3 Å².